The first-order valence-corrected chi connectivity index (χ1v) is 11.9. The predicted octanol–water partition coefficient (Wildman–Crippen LogP) is 6.09. The van der Waals surface area contributed by atoms with Crippen molar-refractivity contribution in [3.63, 3.8) is 0 Å². The number of rotatable bonds is 3. The van der Waals surface area contributed by atoms with Gasteiger partial charge < -0.3 is 4.52 Å². The van der Waals surface area contributed by atoms with Crippen LogP contribution in [-0.4, -0.2) is 16.7 Å². The molecule has 32 heavy (non-hydrogen) atoms. The number of aryl methyl sites for hydroxylation is 2. The number of nitrogens with zero attached hydrogens (tertiary/aromatic N) is 1. The SMILES string of the molecule is Cc1ccc(C23Cc4cc(cc5ccsc45)C(=O)C2CCC3C(=O)c2conc2C)cc1. The summed E-state index contributed by atoms with van der Waals surface area (Å²) in [5.41, 5.74) is 4.76. The molecule has 0 amide bonds. The van der Waals surface area contributed by atoms with Gasteiger partial charge in [0.1, 0.15) is 6.26 Å². The fourth-order valence-electron chi connectivity index (χ4n) is 6.10. The summed E-state index contributed by atoms with van der Waals surface area (Å²) in [6.45, 7) is 3.87. The minimum atomic E-state index is -0.585. The molecule has 6 rings (SSSR count). The average molecular weight is 442 g/mol. The number of hydrogen-bond acceptors (Lipinski definition) is 5. The summed E-state index contributed by atoms with van der Waals surface area (Å²) >= 11 is 1.71. The monoisotopic (exact) mass is 441 g/mol. The molecular formula is C27H23NO3S. The van der Waals surface area contributed by atoms with E-state index < -0.39 is 5.41 Å². The Morgan fingerprint density at radius 1 is 1.12 bits per heavy atom. The van der Waals surface area contributed by atoms with E-state index in [1.165, 1.54) is 22.1 Å². The van der Waals surface area contributed by atoms with Gasteiger partial charge >= 0.3 is 0 Å². The third-order valence-corrected chi connectivity index (χ3v) is 8.63. The molecule has 4 nitrogen and oxygen atoms in total. The Morgan fingerprint density at radius 3 is 2.69 bits per heavy atom. The lowest BCUT2D eigenvalue weighted by Gasteiger charge is -2.39. The van der Waals surface area contributed by atoms with Gasteiger partial charge in [0, 0.05) is 27.5 Å². The zero-order valence-electron chi connectivity index (χ0n) is 18.1. The van der Waals surface area contributed by atoms with E-state index in [2.05, 4.69) is 53.9 Å². The lowest BCUT2D eigenvalue weighted by molar-refractivity contribution is 0.0785. The van der Waals surface area contributed by atoms with Crippen molar-refractivity contribution < 1.29 is 14.1 Å². The fourth-order valence-corrected chi connectivity index (χ4v) is 7.00. The minimum Gasteiger partial charge on any atom is -0.364 e. The first-order valence-electron chi connectivity index (χ1n) is 11.1. The summed E-state index contributed by atoms with van der Waals surface area (Å²) < 4.78 is 6.33. The fraction of sp³-hybridized carbons (Fsp3) is 0.296. The van der Waals surface area contributed by atoms with E-state index in [1.807, 2.05) is 6.07 Å². The number of fused-ring (bicyclic) bond motifs is 5. The molecule has 0 spiro atoms. The normalized spacial score (nSPS) is 24.5. The van der Waals surface area contributed by atoms with Crippen LogP contribution < -0.4 is 0 Å². The number of benzene rings is 2. The largest absolute Gasteiger partial charge is 0.364 e. The van der Waals surface area contributed by atoms with Crippen molar-refractivity contribution in [3.8, 4) is 0 Å². The van der Waals surface area contributed by atoms with Gasteiger partial charge in [-0.2, -0.15) is 0 Å². The summed E-state index contributed by atoms with van der Waals surface area (Å²) in [5, 5.41) is 7.15. The van der Waals surface area contributed by atoms with E-state index in [4.69, 9.17) is 4.52 Å². The molecule has 1 saturated carbocycles. The smallest absolute Gasteiger partial charge is 0.172 e. The van der Waals surface area contributed by atoms with E-state index in [0.29, 0.717) is 30.5 Å². The van der Waals surface area contributed by atoms with Crippen LogP contribution in [0.25, 0.3) is 10.1 Å². The maximum absolute atomic E-state index is 13.9. The Morgan fingerprint density at radius 2 is 1.94 bits per heavy atom. The first kappa shape index (κ1) is 19.6. The number of Topliss-reactive ketones (excluding diaryl/α,β-unsaturated/α-hetero) is 2. The Kier molecular flexibility index (Phi) is 4.28. The molecule has 3 unspecified atom stereocenters. The topological polar surface area (TPSA) is 60.2 Å². The molecule has 2 aliphatic carbocycles. The van der Waals surface area contributed by atoms with Crippen molar-refractivity contribution >= 4 is 33.0 Å². The van der Waals surface area contributed by atoms with Crippen LogP contribution in [0.3, 0.4) is 0 Å². The molecule has 160 valence electrons. The summed E-state index contributed by atoms with van der Waals surface area (Å²) in [6, 6.07) is 14.6. The minimum absolute atomic E-state index is 0.0389. The molecule has 2 aromatic carbocycles. The second-order valence-electron chi connectivity index (χ2n) is 9.28. The molecule has 0 N–H and O–H groups in total. The van der Waals surface area contributed by atoms with Crippen LogP contribution >= 0.6 is 11.3 Å². The van der Waals surface area contributed by atoms with E-state index in [9.17, 15) is 9.59 Å². The van der Waals surface area contributed by atoms with Crippen molar-refractivity contribution in [2.45, 2.75) is 38.5 Å². The Bertz CT molecular complexity index is 1380. The van der Waals surface area contributed by atoms with Crippen molar-refractivity contribution in [1.29, 1.82) is 0 Å². The highest BCUT2D eigenvalue weighted by molar-refractivity contribution is 7.17. The number of carbonyl (C=O) groups is 2. The van der Waals surface area contributed by atoms with Crippen LogP contribution in [0, 0.1) is 25.7 Å². The van der Waals surface area contributed by atoms with Crippen molar-refractivity contribution in [2.75, 3.05) is 0 Å². The molecule has 0 saturated heterocycles. The predicted molar refractivity (Wildman–Crippen MR) is 125 cm³/mol. The van der Waals surface area contributed by atoms with Crippen LogP contribution in [0.2, 0.25) is 0 Å². The highest BCUT2D eigenvalue weighted by Gasteiger charge is 2.58. The van der Waals surface area contributed by atoms with Crippen LogP contribution in [0.1, 0.15) is 55.9 Å². The highest BCUT2D eigenvalue weighted by atomic mass is 32.1. The second-order valence-corrected chi connectivity index (χ2v) is 10.2. The van der Waals surface area contributed by atoms with Gasteiger partial charge in [0.25, 0.3) is 0 Å². The highest BCUT2D eigenvalue weighted by Crippen LogP contribution is 2.56. The Labute approximate surface area is 190 Å². The molecular weight excluding hydrogens is 418 g/mol. The molecule has 0 aliphatic heterocycles. The maximum Gasteiger partial charge on any atom is 0.172 e. The lowest BCUT2D eigenvalue weighted by atomic mass is 9.62. The average Bonchev–Trinajstić information content (AvgIpc) is 3.50. The Hall–Kier alpha value is -3.05. The van der Waals surface area contributed by atoms with Gasteiger partial charge in [0.05, 0.1) is 11.3 Å². The number of thiophene rings is 1. The maximum atomic E-state index is 13.9. The molecule has 2 bridgehead atoms. The molecule has 0 radical (unpaired) electrons. The number of carbonyl (C=O) groups excluding carboxylic acids is 2. The van der Waals surface area contributed by atoms with E-state index in [-0.39, 0.29) is 23.4 Å². The first-order chi connectivity index (χ1) is 15.5. The quantitative estimate of drug-likeness (QED) is 0.361. The van der Waals surface area contributed by atoms with Crippen LogP contribution in [0.5, 0.6) is 0 Å². The second kappa shape index (κ2) is 6.97. The van der Waals surface area contributed by atoms with Gasteiger partial charge in [-0.3, -0.25) is 9.59 Å². The number of aromatic nitrogens is 1. The van der Waals surface area contributed by atoms with Gasteiger partial charge in [-0.15, -0.1) is 11.3 Å². The Balaban J connectivity index is 1.61. The van der Waals surface area contributed by atoms with E-state index in [1.54, 1.807) is 18.3 Å². The van der Waals surface area contributed by atoms with E-state index >= 15 is 0 Å². The summed E-state index contributed by atoms with van der Waals surface area (Å²) in [4.78, 5) is 27.8. The van der Waals surface area contributed by atoms with Crippen LogP contribution in [-0.2, 0) is 11.8 Å². The third kappa shape index (κ3) is 2.64. The standard InChI is InChI=1S/C27H23NO3S/c1-15-3-5-20(6-4-15)27-13-19-12-18(11-17-9-10-32-26(17)19)24(29)22(27)7-8-23(27)25(30)21-14-31-28-16(21)2/h3-6,9-12,14,22-23H,7-8,13H2,1-2H3. The van der Waals surface area contributed by atoms with Gasteiger partial charge in [-0.1, -0.05) is 35.0 Å². The summed E-state index contributed by atoms with van der Waals surface area (Å²) in [5.74, 6) is -0.332. The van der Waals surface area contributed by atoms with Gasteiger partial charge in [-0.25, -0.2) is 0 Å². The zero-order chi connectivity index (χ0) is 22.0. The molecule has 5 heteroatoms. The summed E-state index contributed by atoms with van der Waals surface area (Å²) in [6.07, 6.45) is 3.53. The lowest BCUT2D eigenvalue weighted by Crippen LogP contribution is -2.44. The van der Waals surface area contributed by atoms with Crippen LogP contribution in [0.4, 0.5) is 0 Å². The van der Waals surface area contributed by atoms with Crippen molar-refractivity contribution in [2.24, 2.45) is 11.8 Å². The van der Waals surface area contributed by atoms with Gasteiger partial charge in [0.15, 0.2) is 11.6 Å². The molecule has 2 aromatic heterocycles. The van der Waals surface area contributed by atoms with Gasteiger partial charge in [0.2, 0.25) is 0 Å². The zero-order valence-corrected chi connectivity index (χ0v) is 18.9. The number of hydrogen-bond donors (Lipinski definition) is 0. The summed E-state index contributed by atoms with van der Waals surface area (Å²) in [7, 11) is 0. The molecule has 1 fully saturated rings. The molecule has 2 aliphatic rings. The number of ketones is 2. The molecule has 4 aromatic rings. The van der Waals surface area contributed by atoms with Crippen LogP contribution in [0.15, 0.2) is 58.6 Å². The molecule has 3 atom stereocenters. The van der Waals surface area contributed by atoms with E-state index in [0.717, 1.165) is 16.5 Å². The van der Waals surface area contributed by atoms with Gasteiger partial charge in [-0.05, 0) is 73.2 Å². The molecule has 2 heterocycles. The van der Waals surface area contributed by atoms with Crippen molar-refractivity contribution in [3.05, 3.63) is 87.6 Å². The third-order valence-electron chi connectivity index (χ3n) is 7.62. The van der Waals surface area contributed by atoms with Crippen molar-refractivity contribution in [1.82, 2.24) is 5.16 Å².